The van der Waals surface area contributed by atoms with Crippen LogP contribution < -0.4 is 0 Å². The minimum Gasteiger partial charge on any atom is -0.208 e. The molecule has 2 aliphatic rings. The molecular weight excluding hydrogens is 643 g/mol. The van der Waals surface area contributed by atoms with E-state index in [0.717, 1.165) is 22.1 Å². The fraction of sp³-hybridized carbons (Fsp3) is 0.0600. The Labute approximate surface area is 308 Å². The van der Waals surface area contributed by atoms with Crippen LogP contribution in [0.1, 0.15) is 29.4 Å². The van der Waals surface area contributed by atoms with Gasteiger partial charge in [-0.05, 0) is 96.4 Å². The second kappa shape index (κ2) is 11.9. The van der Waals surface area contributed by atoms with Crippen molar-refractivity contribution in [3.8, 4) is 67.5 Å². The highest BCUT2D eigenvalue weighted by molar-refractivity contribution is 6.10. The van der Waals surface area contributed by atoms with E-state index >= 15 is 0 Å². The predicted molar refractivity (Wildman–Crippen MR) is 218 cm³/mol. The van der Waals surface area contributed by atoms with Crippen LogP contribution in [0.3, 0.4) is 0 Å². The van der Waals surface area contributed by atoms with E-state index in [1.165, 1.54) is 67.1 Å². The molecule has 0 spiro atoms. The molecule has 1 saturated carbocycles. The average molecular weight is 676 g/mol. The van der Waals surface area contributed by atoms with Crippen molar-refractivity contribution in [2.24, 2.45) is 0 Å². The SMILES string of the molecule is c1ccc(-c2nc(-c3ccccc3)nc(-c3ccc(-c4cccc5c4-c4cc(-c6ccccc6)c6ccccc6c4C4CC54)c4ccccc34)n2)cc1. The molecule has 0 radical (unpaired) electrons. The van der Waals surface area contributed by atoms with Gasteiger partial charge < -0.3 is 0 Å². The van der Waals surface area contributed by atoms with E-state index in [-0.39, 0.29) is 0 Å². The van der Waals surface area contributed by atoms with E-state index in [4.69, 9.17) is 15.0 Å². The minimum absolute atomic E-state index is 0.548. The Kier molecular flexibility index (Phi) is 6.75. The van der Waals surface area contributed by atoms with Crippen LogP contribution in [0.25, 0.3) is 89.1 Å². The lowest BCUT2D eigenvalue weighted by atomic mass is 9.77. The Bertz CT molecular complexity index is 2810. The number of rotatable bonds is 5. The van der Waals surface area contributed by atoms with Crippen LogP contribution in [0.2, 0.25) is 0 Å². The van der Waals surface area contributed by atoms with Gasteiger partial charge in [0, 0.05) is 16.7 Å². The van der Waals surface area contributed by atoms with Crippen LogP contribution in [0.4, 0.5) is 0 Å². The molecule has 3 heteroatoms. The van der Waals surface area contributed by atoms with E-state index < -0.39 is 0 Å². The summed E-state index contributed by atoms with van der Waals surface area (Å²) in [6, 6.07) is 63.0. The van der Waals surface area contributed by atoms with Gasteiger partial charge in [0.25, 0.3) is 0 Å². The third kappa shape index (κ3) is 4.85. The van der Waals surface area contributed by atoms with E-state index in [1.54, 1.807) is 0 Å². The second-order valence-electron chi connectivity index (χ2n) is 14.3. The van der Waals surface area contributed by atoms with Crippen molar-refractivity contribution in [1.29, 1.82) is 0 Å². The fourth-order valence-electron chi connectivity index (χ4n) is 8.78. The molecule has 0 bridgehead atoms. The maximum absolute atomic E-state index is 5.11. The molecule has 0 N–H and O–H groups in total. The summed E-state index contributed by atoms with van der Waals surface area (Å²) in [6.07, 6.45) is 1.20. The van der Waals surface area contributed by atoms with Gasteiger partial charge in [-0.1, -0.05) is 164 Å². The van der Waals surface area contributed by atoms with Crippen molar-refractivity contribution < 1.29 is 0 Å². The molecule has 9 aromatic rings. The van der Waals surface area contributed by atoms with Crippen molar-refractivity contribution in [3.63, 3.8) is 0 Å². The molecule has 8 aromatic carbocycles. The van der Waals surface area contributed by atoms with Gasteiger partial charge in [0.15, 0.2) is 17.5 Å². The molecule has 3 nitrogen and oxygen atoms in total. The predicted octanol–water partition coefficient (Wildman–Crippen LogP) is 12.8. The summed E-state index contributed by atoms with van der Waals surface area (Å²) in [4.78, 5) is 15.2. The Morgan fingerprint density at radius 1 is 0.340 bits per heavy atom. The minimum atomic E-state index is 0.548. The Morgan fingerprint density at radius 2 is 0.849 bits per heavy atom. The Morgan fingerprint density at radius 3 is 1.49 bits per heavy atom. The van der Waals surface area contributed by atoms with Crippen LogP contribution in [0.15, 0.2) is 176 Å². The standard InChI is InChI=1S/C50H33N3/c1-4-15-31(16-5-1)42-29-45-46-39(25-14-26-40(46)43-30-44(43)47(45)38-24-13-12-23-36(38)42)37-27-28-41(35-22-11-10-21-34(35)37)50-52-48(32-17-6-2-7-18-32)51-49(53-50)33-19-8-3-9-20-33/h1-29,43-44H,30H2. The van der Waals surface area contributed by atoms with Gasteiger partial charge in [0.1, 0.15) is 0 Å². The molecule has 248 valence electrons. The fourth-order valence-corrected chi connectivity index (χ4v) is 8.78. The molecule has 0 saturated heterocycles. The molecule has 1 fully saturated rings. The molecule has 53 heavy (non-hydrogen) atoms. The van der Waals surface area contributed by atoms with Crippen LogP contribution in [0.5, 0.6) is 0 Å². The smallest absolute Gasteiger partial charge is 0.164 e. The van der Waals surface area contributed by atoms with Crippen LogP contribution >= 0.6 is 0 Å². The Balaban J connectivity index is 1.14. The first kappa shape index (κ1) is 30.0. The van der Waals surface area contributed by atoms with Gasteiger partial charge in [-0.3, -0.25) is 0 Å². The van der Waals surface area contributed by atoms with Crippen molar-refractivity contribution in [3.05, 3.63) is 187 Å². The quantitative estimate of drug-likeness (QED) is 0.182. The van der Waals surface area contributed by atoms with Gasteiger partial charge in [-0.2, -0.15) is 0 Å². The van der Waals surface area contributed by atoms with Gasteiger partial charge in [0.2, 0.25) is 0 Å². The second-order valence-corrected chi connectivity index (χ2v) is 14.3. The lowest BCUT2D eigenvalue weighted by Gasteiger charge is -2.26. The largest absolute Gasteiger partial charge is 0.208 e. The van der Waals surface area contributed by atoms with Crippen LogP contribution in [-0.2, 0) is 0 Å². The Hall–Kier alpha value is -6.71. The highest BCUT2D eigenvalue weighted by atomic mass is 15.0. The van der Waals surface area contributed by atoms with E-state index in [1.807, 2.05) is 36.4 Å². The number of fused-ring (bicyclic) bond motifs is 9. The summed E-state index contributed by atoms with van der Waals surface area (Å²) < 4.78 is 0. The van der Waals surface area contributed by atoms with E-state index in [0.29, 0.717) is 29.3 Å². The van der Waals surface area contributed by atoms with Crippen molar-refractivity contribution in [1.82, 2.24) is 15.0 Å². The summed E-state index contributed by atoms with van der Waals surface area (Å²) in [5.41, 5.74) is 13.7. The van der Waals surface area contributed by atoms with Gasteiger partial charge in [-0.25, -0.2) is 15.0 Å². The number of nitrogens with zero attached hydrogens (tertiary/aromatic N) is 3. The highest BCUT2D eigenvalue weighted by Gasteiger charge is 2.47. The molecule has 0 amide bonds. The molecule has 2 unspecified atom stereocenters. The zero-order valence-electron chi connectivity index (χ0n) is 28.9. The summed E-state index contributed by atoms with van der Waals surface area (Å²) in [5, 5.41) is 5.02. The van der Waals surface area contributed by atoms with Gasteiger partial charge in [0.05, 0.1) is 0 Å². The lowest BCUT2D eigenvalue weighted by molar-refractivity contribution is 1.02. The molecule has 2 atom stereocenters. The van der Waals surface area contributed by atoms with Gasteiger partial charge in [-0.15, -0.1) is 0 Å². The summed E-state index contributed by atoms with van der Waals surface area (Å²) >= 11 is 0. The summed E-state index contributed by atoms with van der Waals surface area (Å²) in [5.74, 6) is 3.10. The monoisotopic (exact) mass is 675 g/mol. The molecule has 2 aliphatic carbocycles. The highest BCUT2D eigenvalue weighted by Crippen LogP contribution is 2.65. The van der Waals surface area contributed by atoms with E-state index in [2.05, 4.69) is 140 Å². The zero-order valence-corrected chi connectivity index (χ0v) is 28.9. The zero-order chi connectivity index (χ0) is 34.9. The third-order valence-corrected chi connectivity index (χ3v) is 11.3. The van der Waals surface area contributed by atoms with Crippen molar-refractivity contribution in [2.75, 3.05) is 0 Å². The first-order valence-electron chi connectivity index (χ1n) is 18.4. The van der Waals surface area contributed by atoms with E-state index in [9.17, 15) is 0 Å². The first-order valence-corrected chi connectivity index (χ1v) is 18.4. The molecular formula is C50H33N3. The first-order chi connectivity index (χ1) is 26.3. The van der Waals surface area contributed by atoms with Crippen molar-refractivity contribution in [2.45, 2.75) is 18.3 Å². The number of benzene rings is 8. The lowest BCUT2D eigenvalue weighted by Crippen LogP contribution is -2.04. The maximum Gasteiger partial charge on any atom is 0.164 e. The molecule has 1 aromatic heterocycles. The van der Waals surface area contributed by atoms with Crippen molar-refractivity contribution >= 4 is 21.5 Å². The normalized spacial score (nSPS) is 15.5. The molecule has 11 rings (SSSR count). The topological polar surface area (TPSA) is 38.7 Å². The molecule has 0 aliphatic heterocycles. The summed E-state index contributed by atoms with van der Waals surface area (Å²) in [6.45, 7) is 0. The van der Waals surface area contributed by atoms with Crippen LogP contribution in [0, 0.1) is 0 Å². The average Bonchev–Trinajstić information content (AvgIpc) is 4.05. The summed E-state index contributed by atoms with van der Waals surface area (Å²) in [7, 11) is 0. The number of hydrogen-bond acceptors (Lipinski definition) is 3. The van der Waals surface area contributed by atoms with Crippen LogP contribution in [-0.4, -0.2) is 15.0 Å². The molecule has 1 heterocycles. The number of aromatic nitrogens is 3. The van der Waals surface area contributed by atoms with Gasteiger partial charge >= 0.3 is 0 Å². The maximum atomic E-state index is 5.11. The number of hydrogen-bond donors (Lipinski definition) is 0. The third-order valence-electron chi connectivity index (χ3n) is 11.3.